The van der Waals surface area contributed by atoms with E-state index in [4.69, 9.17) is 31.8 Å². The normalized spacial score (nSPS) is 17.8. The van der Waals surface area contributed by atoms with E-state index in [1.807, 2.05) is 5.43 Å². The Bertz CT molecular complexity index is 3290. The molecule has 3 aliphatic rings. The van der Waals surface area contributed by atoms with E-state index in [0.717, 1.165) is 6.92 Å². The Morgan fingerprint density at radius 2 is 1.34 bits per heavy atom. The lowest BCUT2D eigenvalue weighted by Gasteiger charge is -2.31. The number of amides is 12. The van der Waals surface area contributed by atoms with Crippen molar-refractivity contribution in [3.8, 4) is 5.75 Å². The number of urea groups is 1. The van der Waals surface area contributed by atoms with Crippen molar-refractivity contribution in [1.29, 1.82) is 0 Å². The van der Waals surface area contributed by atoms with Gasteiger partial charge in [0.05, 0.1) is 24.9 Å². The lowest BCUT2D eigenvalue weighted by Crippen LogP contribution is -2.62. The number of carboxylic acids is 1. The van der Waals surface area contributed by atoms with Crippen molar-refractivity contribution >= 4 is 100 Å². The molecule has 2 fully saturated rings. The van der Waals surface area contributed by atoms with Gasteiger partial charge in [0.2, 0.25) is 53.2 Å². The van der Waals surface area contributed by atoms with Gasteiger partial charge in [-0.3, -0.25) is 68.2 Å². The van der Waals surface area contributed by atoms with Crippen molar-refractivity contribution in [3.63, 3.8) is 0 Å². The molecule has 1 aromatic heterocycles. The number of likely N-dealkylation sites (tertiary alicyclic amines) is 1. The second-order valence-corrected chi connectivity index (χ2v) is 24.3. The van der Waals surface area contributed by atoms with Gasteiger partial charge in [-0.05, 0) is 94.5 Å². The van der Waals surface area contributed by atoms with E-state index in [2.05, 4.69) is 67.9 Å². The number of aliphatic imine (C=N–C) groups is 3. The number of benzene rings is 2. The highest BCUT2D eigenvalue weighted by Crippen LogP contribution is 2.23. The number of hydrogen-bond acceptors (Lipinski definition) is 18. The van der Waals surface area contributed by atoms with Gasteiger partial charge >= 0.3 is 6.03 Å². The van der Waals surface area contributed by atoms with Crippen LogP contribution in [0.15, 0.2) is 69.7 Å². The number of carbonyl (C=O) groups is 12. The largest absolute Gasteiger partial charge is 0.508 e. The van der Waals surface area contributed by atoms with Crippen molar-refractivity contribution in [3.05, 3.63) is 65.9 Å². The SMILES string of the molecule is CC(=O)O.CC(C)CC(NC(=O)C(COC(C)(C)C)NC(=O)C(Cc1ccc(O)cc1)NC(=O)C(CO)NC(=O)C(Cc1c[nH]c2ccccc12)NC(=O)C(CC1C=NC=N1)NC(=O)C1CCC(=O)N1)C(=O)NC(CCCN=C(N)N)C(=O)N1CCCC1C(=O)NNC(N)=O. The van der Waals surface area contributed by atoms with Crippen molar-refractivity contribution in [2.45, 2.75) is 172 Å². The number of phenols is 1. The molecule has 12 amide bonds. The van der Waals surface area contributed by atoms with Gasteiger partial charge in [-0.25, -0.2) is 15.2 Å². The number of nitrogens with one attached hydrogen (secondary N) is 11. The summed E-state index contributed by atoms with van der Waals surface area (Å²) in [6.07, 6.45) is 4.87. The number of carboxylic acid groups (broad SMARTS) is 1. The maximum Gasteiger partial charge on any atom is 0.330 e. The number of guanidine groups is 1. The Morgan fingerprint density at radius 1 is 0.747 bits per heavy atom. The molecule has 0 spiro atoms. The third-order valence-corrected chi connectivity index (χ3v) is 14.9. The van der Waals surface area contributed by atoms with Gasteiger partial charge in [0.25, 0.3) is 11.9 Å². The summed E-state index contributed by atoms with van der Waals surface area (Å²) >= 11 is 0. The van der Waals surface area contributed by atoms with Crippen molar-refractivity contribution in [2.75, 3.05) is 26.3 Å². The zero-order valence-corrected chi connectivity index (χ0v) is 53.8. The third-order valence-electron chi connectivity index (χ3n) is 14.9. The first-order valence-electron chi connectivity index (χ1n) is 30.9. The fraction of sp³-hybridized carbons (Fsp3) is 0.525. The minimum Gasteiger partial charge on any atom is -0.508 e. The van der Waals surface area contributed by atoms with Crippen LogP contribution in [0.2, 0.25) is 0 Å². The molecule has 0 bridgehead atoms. The van der Waals surface area contributed by atoms with Gasteiger partial charge in [-0.15, -0.1) is 0 Å². The molecular weight excluding hydrogens is 1240 g/mol. The number of nitrogens with two attached hydrogens (primary N) is 3. The first-order chi connectivity index (χ1) is 44.9. The number of nitrogens with zero attached hydrogens (tertiary/aromatic N) is 4. The molecule has 95 heavy (non-hydrogen) atoms. The number of aliphatic hydroxyl groups is 1. The second kappa shape index (κ2) is 36.3. The van der Waals surface area contributed by atoms with Crippen LogP contribution in [0.25, 0.3) is 10.9 Å². The lowest BCUT2D eigenvalue weighted by molar-refractivity contribution is -0.142. The highest BCUT2D eigenvalue weighted by Gasteiger charge is 2.40. The van der Waals surface area contributed by atoms with Gasteiger partial charge in [0.1, 0.15) is 66.5 Å². The van der Waals surface area contributed by atoms with Crippen LogP contribution in [0.3, 0.4) is 0 Å². The molecule has 6 rings (SSSR count). The number of carbonyl (C=O) groups excluding carboxylic acids is 11. The van der Waals surface area contributed by atoms with Crippen LogP contribution in [0.1, 0.15) is 104 Å². The summed E-state index contributed by atoms with van der Waals surface area (Å²) < 4.78 is 6.02. The summed E-state index contributed by atoms with van der Waals surface area (Å²) in [6, 6.07) is -1.36. The van der Waals surface area contributed by atoms with Crippen LogP contribution in [0.5, 0.6) is 5.75 Å². The molecule has 10 unspecified atom stereocenters. The number of aromatic amines is 1. The molecular formula is C61H88N18O16. The Hall–Kier alpha value is -10.2. The number of primary amides is 1. The molecule has 0 radical (unpaired) electrons. The minimum absolute atomic E-state index is 0.00420. The van der Waals surface area contributed by atoms with E-state index in [1.165, 1.54) is 41.7 Å². The van der Waals surface area contributed by atoms with Gasteiger partial charge in [-0.2, -0.15) is 0 Å². The molecule has 0 saturated carbocycles. The zero-order valence-electron chi connectivity index (χ0n) is 53.8. The summed E-state index contributed by atoms with van der Waals surface area (Å²) in [5.41, 5.74) is 21.1. The predicted molar refractivity (Wildman–Crippen MR) is 345 cm³/mol. The van der Waals surface area contributed by atoms with Crippen molar-refractivity contribution in [1.82, 2.24) is 63.3 Å². The maximum atomic E-state index is 14.8. The van der Waals surface area contributed by atoms with Crippen LogP contribution < -0.4 is 70.6 Å². The third kappa shape index (κ3) is 25.0. The molecule has 518 valence electrons. The maximum absolute atomic E-state index is 14.8. The highest BCUT2D eigenvalue weighted by atomic mass is 16.5. The fourth-order valence-corrected chi connectivity index (χ4v) is 10.3. The number of aromatic hydroxyl groups is 1. The van der Waals surface area contributed by atoms with Crippen molar-refractivity contribution < 1.29 is 77.6 Å². The number of aliphatic carboxylic acids is 1. The number of H-pyrrole nitrogens is 1. The van der Waals surface area contributed by atoms with Crippen LogP contribution in [-0.2, 0) is 70.3 Å². The van der Waals surface area contributed by atoms with Gasteiger partial charge in [0.15, 0.2) is 5.96 Å². The summed E-state index contributed by atoms with van der Waals surface area (Å²) in [7, 11) is 0. The molecule has 34 nitrogen and oxygen atoms in total. The smallest absolute Gasteiger partial charge is 0.330 e. The highest BCUT2D eigenvalue weighted by molar-refractivity contribution is 6.00. The molecule has 2 aromatic carbocycles. The first-order valence-corrected chi connectivity index (χ1v) is 30.9. The second-order valence-electron chi connectivity index (χ2n) is 24.3. The van der Waals surface area contributed by atoms with E-state index in [9.17, 15) is 63.0 Å². The average molecular weight is 1330 g/mol. The Balaban J connectivity index is 0.00000397. The number of hydrazine groups is 1. The van der Waals surface area contributed by atoms with Gasteiger partial charge in [0, 0.05) is 69.0 Å². The zero-order chi connectivity index (χ0) is 70.1. The summed E-state index contributed by atoms with van der Waals surface area (Å²) in [5, 5.41) is 50.2. The number of ether oxygens (including phenoxy) is 1. The van der Waals surface area contributed by atoms with Gasteiger partial charge < -0.3 is 89.7 Å². The molecule has 10 atom stereocenters. The number of phenolic OH excluding ortho intramolecular Hbond substituents is 1. The number of para-hydroxylation sites is 1. The van der Waals surface area contributed by atoms with Crippen LogP contribution >= 0.6 is 0 Å². The number of fused-ring (bicyclic) bond motifs is 1. The van der Waals surface area contributed by atoms with Crippen LogP contribution in [-0.4, -0.2) is 207 Å². The summed E-state index contributed by atoms with van der Waals surface area (Å²) in [6.45, 7) is 8.36. The molecule has 3 aliphatic heterocycles. The van der Waals surface area contributed by atoms with Crippen LogP contribution in [0.4, 0.5) is 4.79 Å². The number of hydrogen-bond donors (Lipinski definition) is 17. The van der Waals surface area contributed by atoms with E-state index >= 15 is 0 Å². The van der Waals surface area contributed by atoms with Crippen LogP contribution in [0, 0.1) is 5.92 Å². The molecule has 2 saturated heterocycles. The molecule has 0 aliphatic carbocycles. The molecule has 34 heteroatoms. The quantitative estimate of drug-likeness (QED) is 0.0131. The van der Waals surface area contributed by atoms with Gasteiger partial charge in [-0.1, -0.05) is 44.2 Å². The molecule has 3 aromatic rings. The molecule has 4 heterocycles. The Kier molecular flexibility index (Phi) is 28.8. The monoisotopic (exact) mass is 1330 g/mol. The number of aromatic nitrogens is 1. The summed E-state index contributed by atoms with van der Waals surface area (Å²) in [4.78, 5) is 177. The van der Waals surface area contributed by atoms with E-state index in [1.54, 1.807) is 65.1 Å². The lowest BCUT2D eigenvalue weighted by atomic mass is 10.0. The topological polar surface area (TPSA) is 529 Å². The number of aliphatic hydroxyl groups excluding tert-OH is 1. The first kappa shape index (κ1) is 75.5. The summed E-state index contributed by atoms with van der Waals surface area (Å²) in [5.74, 6) is -9.42. The minimum atomic E-state index is -1.80. The van der Waals surface area contributed by atoms with E-state index < -0.39 is 144 Å². The van der Waals surface area contributed by atoms with Crippen molar-refractivity contribution in [2.24, 2.45) is 38.1 Å². The standard InChI is InChI=1S/C59H84N18O14.C2H4O2/c1-31(2)22-40(49(82)68-39(12-8-20-64-57(60)61)56(89)77-21-9-13-46(77)55(88)75-76-58(62)90)69-54(87)45(29-91-59(3,4)5)74-50(83)41(23-32-14-16-35(79)17-15-32)70-53(86)44(28-78)73-51(84)42(24-33-26-65-37-11-7-6-10-36(33)37)71-52(85)43(25-34-27-63-30-66-34)72-48(81)38-18-19-47(80)67-38;1-2(3)4/h6-7,10-11,14-17,26-27,30-31,34,38-46,65,78-79H,8-9,12-13,18-25,28-29H2,1-5H3,(H,67,80)(H,68,82)(H,69,87)(H,70,86)(H,71,85)(H,72,81)(H,73,84)(H,74,83)(H,75,88)(H4,60,61,64)(H3,62,76,90);1H3,(H,3,4). The van der Waals surface area contributed by atoms with E-state index in [0.29, 0.717) is 28.5 Å². The average Bonchev–Trinajstić information content (AvgIpc) is 1.76. The predicted octanol–water partition coefficient (Wildman–Crippen LogP) is -3.11. The number of rotatable bonds is 31. The Morgan fingerprint density at radius 3 is 1.94 bits per heavy atom. The molecule has 20 N–H and O–H groups in total. The fourth-order valence-electron chi connectivity index (χ4n) is 10.3. The van der Waals surface area contributed by atoms with E-state index in [-0.39, 0.29) is 94.4 Å². The Labute approximate surface area is 547 Å².